The quantitative estimate of drug-likeness (QED) is 0.820. The van der Waals surface area contributed by atoms with Crippen LogP contribution in [0.4, 0.5) is 0 Å². The minimum atomic E-state index is 0.552. The second-order valence-electron chi connectivity index (χ2n) is 5.38. The molecule has 2 aliphatic rings. The molecule has 0 aromatic heterocycles. The summed E-state index contributed by atoms with van der Waals surface area (Å²) in [7, 11) is 0. The van der Waals surface area contributed by atoms with Crippen molar-refractivity contribution in [3.8, 4) is 5.75 Å². The Morgan fingerprint density at radius 3 is 2.67 bits per heavy atom. The fourth-order valence-corrected chi connectivity index (χ4v) is 3.19. The summed E-state index contributed by atoms with van der Waals surface area (Å²) in [4.78, 5) is 2.62. The normalized spacial score (nSPS) is 24.4. The smallest absolute Gasteiger partial charge is 0.127 e. The molecule has 1 fully saturated rings. The molecule has 98 valence electrons. The average molecular weight is 246 g/mol. The number of piperazine rings is 1. The van der Waals surface area contributed by atoms with E-state index in [4.69, 9.17) is 4.74 Å². The maximum Gasteiger partial charge on any atom is 0.127 e. The van der Waals surface area contributed by atoms with Gasteiger partial charge >= 0.3 is 0 Å². The van der Waals surface area contributed by atoms with Gasteiger partial charge in [0.25, 0.3) is 0 Å². The van der Waals surface area contributed by atoms with Crippen molar-refractivity contribution in [2.45, 2.75) is 26.3 Å². The highest BCUT2D eigenvalue weighted by atomic mass is 16.5. The van der Waals surface area contributed by atoms with E-state index < -0.39 is 0 Å². The third kappa shape index (κ3) is 2.02. The molecule has 1 unspecified atom stereocenters. The second kappa shape index (κ2) is 4.90. The van der Waals surface area contributed by atoms with Gasteiger partial charge in [-0.2, -0.15) is 0 Å². The lowest BCUT2D eigenvalue weighted by Crippen LogP contribution is -2.46. The van der Waals surface area contributed by atoms with E-state index in [9.17, 15) is 0 Å². The lowest BCUT2D eigenvalue weighted by Gasteiger charge is -2.39. The van der Waals surface area contributed by atoms with Gasteiger partial charge in [0.15, 0.2) is 0 Å². The number of rotatable bonds is 1. The molecule has 3 rings (SSSR count). The third-order valence-electron chi connectivity index (χ3n) is 4.17. The molecule has 1 N–H and O–H groups in total. The Kier molecular flexibility index (Phi) is 3.27. The molecule has 1 saturated heterocycles. The summed E-state index contributed by atoms with van der Waals surface area (Å²) in [5.41, 5.74) is 4.08. The number of aryl methyl sites for hydroxylation is 2. The predicted molar refractivity (Wildman–Crippen MR) is 73.2 cm³/mol. The first-order valence-corrected chi connectivity index (χ1v) is 6.95. The van der Waals surface area contributed by atoms with Crippen LogP contribution in [-0.4, -0.2) is 37.7 Å². The summed E-state index contributed by atoms with van der Waals surface area (Å²) in [6, 6.07) is 4.96. The predicted octanol–water partition coefficient (Wildman–Crippen LogP) is 2.03. The number of hydrogen-bond acceptors (Lipinski definition) is 3. The fourth-order valence-electron chi connectivity index (χ4n) is 3.19. The highest BCUT2D eigenvalue weighted by Gasteiger charge is 2.29. The average Bonchev–Trinajstić information content (AvgIpc) is 2.43. The number of benzene rings is 1. The molecule has 0 bridgehead atoms. The van der Waals surface area contributed by atoms with Crippen LogP contribution in [0.1, 0.15) is 29.2 Å². The van der Waals surface area contributed by atoms with Crippen molar-refractivity contribution >= 4 is 0 Å². The van der Waals surface area contributed by atoms with Gasteiger partial charge in [-0.3, -0.25) is 4.90 Å². The molecule has 1 aromatic rings. The fraction of sp³-hybridized carbons (Fsp3) is 0.600. The number of nitrogens with zero attached hydrogens (tertiary/aromatic N) is 1. The van der Waals surface area contributed by atoms with Crippen LogP contribution in [-0.2, 0) is 0 Å². The Morgan fingerprint density at radius 1 is 1.17 bits per heavy atom. The summed E-state index contributed by atoms with van der Waals surface area (Å²) in [6.45, 7) is 9.73. The lowest BCUT2D eigenvalue weighted by atomic mass is 9.92. The van der Waals surface area contributed by atoms with Crippen molar-refractivity contribution in [3.05, 3.63) is 28.8 Å². The van der Waals surface area contributed by atoms with E-state index in [1.54, 1.807) is 0 Å². The third-order valence-corrected chi connectivity index (χ3v) is 4.17. The zero-order valence-electron chi connectivity index (χ0n) is 11.3. The van der Waals surface area contributed by atoms with Gasteiger partial charge in [0, 0.05) is 44.2 Å². The molecule has 0 aliphatic carbocycles. The Balaban J connectivity index is 1.97. The van der Waals surface area contributed by atoms with Crippen molar-refractivity contribution in [1.29, 1.82) is 0 Å². The maximum absolute atomic E-state index is 5.91. The molecule has 0 radical (unpaired) electrons. The number of fused-ring (bicyclic) bond motifs is 1. The molecule has 3 nitrogen and oxygen atoms in total. The molecular weight excluding hydrogens is 224 g/mol. The van der Waals surface area contributed by atoms with Crippen molar-refractivity contribution in [1.82, 2.24) is 10.2 Å². The molecule has 18 heavy (non-hydrogen) atoms. The summed E-state index contributed by atoms with van der Waals surface area (Å²) >= 11 is 0. The molecule has 1 atom stereocenters. The summed E-state index contributed by atoms with van der Waals surface area (Å²) in [5, 5.41) is 3.43. The summed E-state index contributed by atoms with van der Waals surface area (Å²) in [6.07, 6.45) is 1.12. The molecule has 2 aliphatic heterocycles. The topological polar surface area (TPSA) is 24.5 Å². The van der Waals surface area contributed by atoms with Crippen LogP contribution in [0.15, 0.2) is 12.1 Å². The first-order valence-electron chi connectivity index (χ1n) is 6.95. The van der Waals surface area contributed by atoms with Gasteiger partial charge in [-0.05, 0) is 25.0 Å². The lowest BCUT2D eigenvalue weighted by molar-refractivity contribution is 0.125. The Hall–Kier alpha value is -1.06. The van der Waals surface area contributed by atoms with Crippen LogP contribution in [0.5, 0.6) is 5.75 Å². The van der Waals surface area contributed by atoms with E-state index in [0.717, 1.165) is 45.0 Å². The largest absolute Gasteiger partial charge is 0.493 e. The van der Waals surface area contributed by atoms with Crippen LogP contribution in [0, 0.1) is 13.8 Å². The van der Waals surface area contributed by atoms with Gasteiger partial charge in [-0.25, -0.2) is 0 Å². The molecule has 2 heterocycles. The van der Waals surface area contributed by atoms with E-state index >= 15 is 0 Å². The van der Waals surface area contributed by atoms with Crippen LogP contribution < -0.4 is 10.1 Å². The highest BCUT2D eigenvalue weighted by Crippen LogP contribution is 2.40. The Bertz CT molecular complexity index is 438. The minimum Gasteiger partial charge on any atom is -0.493 e. The minimum absolute atomic E-state index is 0.552. The van der Waals surface area contributed by atoms with E-state index in [0.29, 0.717) is 6.04 Å². The van der Waals surface area contributed by atoms with E-state index in [-0.39, 0.29) is 0 Å². The van der Waals surface area contributed by atoms with Crippen molar-refractivity contribution in [2.24, 2.45) is 0 Å². The van der Waals surface area contributed by atoms with Crippen molar-refractivity contribution < 1.29 is 4.74 Å². The number of nitrogens with one attached hydrogen (secondary N) is 1. The van der Waals surface area contributed by atoms with Crippen LogP contribution >= 0.6 is 0 Å². The molecule has 1 aromatic carbocycles. The van der Waals surface area contributed by atoms with Crippen LogP contribution in [0.2, 0.25) is 0 Å². The molecule has 0 saturated carbocycles. The Labute approximate surface area is 109 Å². The molecule has 0 spiro atoms. The van der Waals surface area contributed by atoms with E-state index in [1.807, 2.05) is 0 Å². The molecular formula is C15H22N2O. The van der Waals surface area contributed by atoms with Gasteiger partial charge in [0.2, 0.25) is 0 Å². The van der Waals surface area contributed by atoms with Crippen molar-refractivity contribution in [3.63, 3.8) is 0 Å². The SMILES string of the molecule is Cc1ccc(C)c2c1OCCC2N1CCNCC1. The van der Waals surface area contributed by atoms with Crippen LogP contribution in [0.3, 0.4) is 0 Å². The van der Waals surface area contributed by atoms with Gasteiger partial charge in [-0.15, -0.1) is 0 Å². The zero-order valence-corrected chi connectivity index (χ0v) is 11.3. The first kappa shape index (κ1) is 12.0. The summed E-state index contributed by atoms with van der Waals surface area (Å²) < 4.78 is 5.91. The van der Waals surface area contributed by atoms with E-state index in [1.165, 1.54) is 16.7 Å². The standard InChI is InChI=1S/C15H22N2O/c1-11-3-4-12(2)15-14(11)13(5-10-18-15)17-8-6-16-7-9-17/h3-4,13,16H,5-10H2,1-2H3. The monoisotopic (exact) mass is 246 g/mol. The van der Waals surface area contributed by atoms with Gasteiger partial charge < -0.3 is 10.1 Å². The zero-order chi connectivity index (χ0) is 12.5. The molecule has 0 amide bonds. The maximum atomic E-state index is 5.91. The van der Waals surface area contributed by atoms with E-state index in [2.05, 4.69) is 36.2 Å². The van der Waals surface area contributed by atoms with Crippen molar-refractivity contribution in [2.75, 3.05) is 32.8 Å². The number of ether oxygens (including phenoxy) is 1. The van der Waals surface area contributed by atoms with Crippen LogP contribution in [0.25, 0.3) is 0 Å². The first-order chi connectivity index (χ1) is 8.77. The Morgan fingerprint density at radius 2 is 1.89 bits per heavy atom. The van der Waals surface area contributed by atoms with Gasteiger partial charge in [0.05, 0.1) is 6.61 Å². The van der Waals surface area contributed by atoms with Gasteiger partial charge in [0.1, 0.15) is 5.75 Å². The highest BCUT2D eigenvalue weighted by molar-refractivity contribution is 5.48. The molecule has 3 heteroatoms. The summed E-state index contributed by atoms with van der Waals surface area (Å²) in [5.74, 6) is 1.14. The number of hydrogen-bond donors (Lipinski definition) is 1. The van der Waals surface area contributed by atoms with Gasteiger partial charge in [-0.1, -0.05) is 12.1 Å². The second-order valence-corrected chi connectivity index (χ2v) is 5.38.